The van der Waals surface area contributed by atoms with Gasteiger partial charge in [0.05, 0.1) is 7.11 Å². The van der Waals surface area contributed by atoms with E-state index in [2.05, 4.69) is 26.4 Å². The van der Waals surface area contributed by atoms with Crippen LogP contribution < -0.4 is 15.8 Å². The van der Waals surface area contributed by atoms with Gasteiger partial charge in [-0.25, -0.2) is 0 Å². The summed E-state index contributed by atoms with van der Waals surface area (Å²) in [6, 6.07) is 5.20. The van der Waals surface area contributed by atoms with Crippen molar-refractivity contribution < 1.29 is 14.7 Å². The minimum atomic E-state index is -1.08. The number of benzene rings is 1. The maximum atomic E-state index is 12.3. The average Bonchev–Trinajstić information content (AvgIpc) is 2.44. The molecule has 0 spiro atoms. The molecular weight excluding hydrogens is 326 g/mol. The van der Waals surface area contributed by atoms with Crippen molar-refractivity contribution >= 4 is 33.4 Å². The number of hydrogen-bond donors (Lipinski definition) is 3. The highest BCUT2D eigenvalue weighted by molar-refractivity contribution is 9.10. The molecule has 1 amide bonds. The van der Waals surface area contributed by atoms with Crippen LogP contribution in [0.4, 0.5) is 5.69 Å². The fourth-order valence-electron chi connectivity index (χ4n) is 1.59. The van der Waals surface area contributed by atoms with Crippen molar-refractivity contribution in [1.82, 2.24) is 0 Å². The van der Waals surface area contributed by atoms with E-state index in [1.165, 1.54) is 0 Å². The zero-order chi connectivity index (χ0) is 15.3. The average molecular weight is 344 g/mol. The molecular formula is C13H18BrN3O3. The molecule has 4 N–H and O–H groups in total. The Morgan fingerprint density at radius 3 is 2.70 bits per heavy atom. The van der Waals surface area contributed by atoms with Crippen LogP contribution in [0.5, 0.6) is 5.75 Å². The smallest absolute Gasteiger partial charge is 0.238 e. The summed E-state index contributed by atoms with van der Waals surface area (Å²) >= 11 is 3.33. The van der Waals surface area contributed by atoms with Crippen LogP contribution in [0.1, 0.15) is 20.3 Å². The Balaban J connectivity index is 3.03. The molecule has 6 nitrogen and oxygen atoms in total. The van der Waals surface area contributed by atoms with Gasteiger partial charge in [0.1, 0.15) is 11.2 Å². The van der Waals surface area contributed by atoms with E-state index in [-0.39, 0.29) is 11.7 Å². The van der Waals surface area contributed by atoms with Crippen LogP contribution in [0, 0.1) is 5.41 Å². The third-order valence-corrected chi connectivity index (χ3v) is 3.70. The van der Waals surface area contributed by atoms with E-state index in [0.29, 0.717) is 17.9 Å². The predicted octanol–water partition coefficient (Wildman–Crippen LogP) is 2.56. The van der Waals surface area contributed by atoms with Gasteiger partial charge < -0.3 is 21.0 Å². The van der Waals surface area contributed by atoms with Crippen molar-refractivity contribution in [3.05, 3.63) is 22.7 Å². The minimum absolute atomic E-state index is 0.125. The topological polar surface area (TPSA) is 96.9 Å². The first-order valence-electron chi connectivity index (χ1n) is 6.01. The van der Waals surface area contributed by atoms with Crippen molar-refractivity contribution in [2.75, 3.05) is 12.4 Å². The molecule has 0 saturated heterocycles. The normalized spacial score (nSPS) is 14.5. The van der Waals surface area contributed by atoms with E-state index in [9.17, 15) is 4.79 Å². The van der Waals surface area contributed by atoms with Crippen molar-refractivity contribution in [2.45, 2.75) is 20.3 Å². The maximum absolute atomic E-state index is 12.3. The molecule has 1 unspecified atom stereocenters. The fraction of sp³-hybridized carbons (Fsp3) is 0.385. The molecule has 20 heavy (non-hydrogen) atoms. The molecule has 0 fully saturated rings. The molecule has 0 bridgehead atoms. The third-order valence-electron chi connectivity index (χ3n) is 3.25. The van der Waals surface area contributed by atoms with E-state index < -0.39 is 5.41 Å². The number of amides is 1. The Kier molecular flexibility index (Phi) is 5.38. The summed E-state index contributed by atoms with van der Waals surface area (Å²) in [6.07, 6.45) is 0.403. The van der Waals surface area contributed by atoms with Gasteiger partial charge in [-0.05, 0) is 25.5 Å². The number of anilines is 1. The number of halogens is 1. The van der Waals surface area contributed by atoms with Crippen LogP contribution in [-0.4, -0.2) is 24.1 Å². The van der Waals surface area contributed by atoms with Crippen molar-refractivity contribution in [1.29, 1.82) is 0 Å². The Morgan fingerprint density at radius 1 is 1.55 bits per heavy atom. The zero-order valence-electron chi connectivity index (χ0n) is 11.6. The first-order valence-corrected chi connectivity index (χ1v) is 6.80. The van der Waals surface area contributed by atoms with Crippen LogP contribution in [0.25, 0.3) is 0 Å². The highest BCUT2D eigenvalue weighted by Gasteiger charge is 2.36. The predicted molar refractivity (Wildman–Crippen MR) is 81.1 cm³/mol. The molecule has 1 aromatic carbocycles. The molecule has 0 radical (unpaired) electrons. The van der Waals surface area contributed by atoms with Crippen molar-refractivity contribution in [2.24, 2.45) is 16.3 Å². The van der Waals surface area contributed by atoms with Gasteiger partial charge in [0.15, 0.2) is 5.84 Å². The SMILES string of the molecule is CCC(C)(C(=O)Nc1cc(Br)cc(OC)c1)/C(N)=N/O. The van der Waals surface area contributed by atoms with Crippen LogP contribution in [0.15, 0.2) is 27.8 Å². The molecule has 0 aliphatic carbocycles. The van der Waals surface area contributed by atoms with E-state index >= 15 is 0 Å². The number of nitrogens with zero attached hydrogens (tertiary/aromatic N) is 1. The first kappa shape index (κ1) is 16.3. The van der Waals surface area contributed by atoms with E-state index in [1.807, 2.05) is 0 Å². The molecule has 0 aromatic heterocycles. The van der Waals surface area contributed by atoms with Gasteiger partial charge in [-0.1, -0.05) is 28.0 Å². The number of nitrogens with one attached hydrogen (secondary N) is 1. The lowest BCUT2D eigenvalue weighted by molar-refractivity contribution is -0.121. The monoisotopic (exact) mass is 343 g/mol. The number of oxime groups is 1. The Morgan fingerprint density at radius 2 is 2.20 bits per heavy atom. The number of ether oxygens (including phenoxy) is 1. The van der Waals surface area contributed by atoms with Crippen LogP contribution in [0.3, 0.4) is 0 Å². The van der Waals surface area contributed by atoms with Gasteiger partial charge in [-0.15, -0.1) is 0 Å². The lowest BCUT2D eigenvalue weighted by Gasteiger charge is -2.25. The number of amidine groups is 1. The van der Waals surface area contributed by atoms with E-state index in [0.717, 1.165) is 4.47 Å². The largest absolute Gasteiger partial charge is 0.497 e. The quantitative estimate of drug-likeness (QED) is 0.331. The van der Waals surface area contributed by atoms with Crippen LogP contribution >= 0.6 is 15.9 Å². The number of nitrogens with two attached hydrogens (primary N) is 1. The van der Waals surface area contributed by atoms with Crippen molar-refractivity contribution in [3.63, 3.8) is 0 Å². The summed E-state index contributed by atoms with van der Waals surface area (Å²) in [4.78, 5) is 12.3. The first-order chi connectivity index (χ1) is 9.37. The zero-order valence-corrected chi connectivity index (χ0v) is 13.2. The summed E-state index contributed by atoms with van der Waals surface area (Å²) in [6.45, 7) is 3.41. The van der Waals surface area contributed by atoms with Crippen LogP contribution in [0.2, 0.25) is 0 Å². The van der Waals surface area contributed by atoms with E-state index in [1.54, 1.807) is 39.2 Å². The Hall–Kier alpha value is -1.76. The Labute approximate surface area is 126 Å². The molecule has 1 rings (SSSR count). The van der Waals surface area contributed by atoms with Gasteiger partial charge >= 0.3 is 0 Å². The molecule has 0 aliphatic heterocycles. The second-order valence-electron chi connectivity index (χ2n) is 4.50. The molecule has 110 valence electrons. The summed E-state index contributed by atoms with van der Waals surface area (Å²) < 4.78 is 5.90. The Bertz CT molecular complexity index is 534. The molecule has 0 heterocycles. The van der Waals surface area contributed by atoms with Gasteiger partial charge in [0.2, 0.25) is 5.91 Å². The van der Waals surface area contributed by atoms with Crippen LogP contribution in [-0.2, 0) is 4.79 Å². The molecule has 0 aliphatic rings. The lowest BCUT2D eigenvalue weighted by atomic mass is 9.85. The number of carbonyl (C=O) groups excluding carboxylic acids is 1. The van der Waals surface area contributed by atoms with Gasteiger partial charge in [0, 0.05) is 16.2 Å². The van der Waals surface area contributed by atoms with Gasteiger partial charge in [0.25, 0.3) is 0 Å². The summed E-state index contributed by atoms with van der Waals surface area (Å²) in [5.74, 6) is 0.131. The van der Waals surface area contributed by atoms with E-state index in [4.69, 9.17) is 15.7 Å². The molecule has 0 saturated carbocycles. The number of methoxy groups -OCH3 is 1. The van der Waals surface area contributed by atoms with Gasteiger partial charge in [-0.2, -0.15) is 0 Å². The molecule has 1 aromatic rings. The summed E-state index contributed by atoms with van der Waals surface area (Å²) in [5.41, 5.74) is 5.09. The number of rotatable bonds is 5. The summed E-state index contributed by atoms with van der Waals surface area (Å²) in [5, 5.41) is 14.5. The number of hydrogen-bond acceptors (Lipinski definition) is 4. The fourth-order valence-corrected chi connectivity index (χ4v) is 2.06. The molecule has 7 heteroatoms. The van der Waals surface area contributed by atoms with Crippen molar-refractivity contribution in [3.8, 4) is 5.75 Å². The highest BCUT2D eigenvalue weighted by Crippen LogP contribution is 2.28. The second kappa shape index (κ2) is 6.60. The maximum Gasteiger partial charge on any atom is 0.238 e. The highest BCUT2D eigenvalue weighted by atomic mass is 79.9. The second-order valence-corrected chi connectivity index (χ2v) is 5.42. The number of carbonyl (C=O) groups is 1. The third kappa shape index (κ3) is 3.41. The summed E-state index contributed by atoms with van der Waals surface area (Å²) in [7, 11) is 1.54. The minimum Gasteiger partial charge on any atom is -0.497 e. The standard InChI is InChI=1S/C13H18BrN3O3/c1-4-13(2,11(15)17-19)12(18)16-9-5-8(14)6-10(7-9)20-3/h5-7,19H,4H2,1-3H3,(H2,15,17)(H,16,18). The molecule has 1 atom stereocenters. The van der Waals surface area contributed by atoms with Gasteiger partial charge in [-0.3, -0.25) is 4.79 Å². The lowest BCUT2D eigenvalue weighted by Crippen LogP contribution is -2.44.